The Morgan fingerprint density at radius 3 is 2.25 bits per heavy atom. The first kappa shape index (κ1) is 18.5. The molecule has 0 bridgehead atoms. The van der Waals surface area contributed by atoms with E-state index >= 15 is 0 Å². The van der Waals surface area contributed by atoms with E-state index in [9.17, 15) is 0 Å². The summed E-state index contributed by atoms with van der Waals surface area (Å²) in [7, 11) is 0. The van der Waals surface area contributed by atoms with Crippen LogP contribution in [0.3, 0.4) is 0 Å². The van der Waals surface area contributed by atoms with Gasteiger partial charge in [0.15, 0.2) is 0 Å². The molecule has 1 nitrogen and oxygen atoms in total. The van der Waals surface area contributed by atoms with Crippen molar-refractivity contribution >= 4 is 5.71 Å². The van der Waals surface area contributed by atoms with Crippen molar-refractivity contribution in [2.24, 2.45) is 46.3 Å². The first-order valence-corrected chi connectivity index (χ1v) is 10.4. The van der Waals surface area contributed by atoms with Gasteiger partial charge in [0.05, 0.1) is 0 Å². The Hall–Kier alpha value is -0.330. The Bertz CT molecular complexity index is 496. The molecule has 4 aliphatic carbocycles. The van der Waals surface area contributed by atoms with Gasteiger partial charge in [0.1, 0.15) is 0 Å². The Balaban J connectivity index is 0.00000169. The highest BCUT2D eigenvalue weighted by Crippen LogP contribution is 2.67. The van der Waals surface area contributed by atoms with Gasteiger partial charge in [-0.1, -0.05) is 34.6 Å². The Kier molecular flexibility index (Phi) is 4.72. The summed E-state index contributed by atoms with van der Waals surface area (Å²) in [5, 5.41) is 8.28. The third-order valence-corrected chi connectivity index (χ3v) is 9.45. The van der Waals surface area contributed by atoms with E-state index in [1.165, 1.54) is 57.8 Å². The lowest BCUT2D eigenvalue weighted by Crippen LogP contribution is -2.53. The van der Waals surface area contributed by atoms with E-state index in [2.05, 4.69) is 27.7 Å². The molecule has 0 aromatic heterocycles. The molecule has 138 valence electrons. The van der Waals surface area contributed by atoms with Crippen molar-refractivity contribution in [2.75, 3.05) is 0 Å². The molecule has 8 unspecified atom stereocenters. The second kappa shape index (κ2) is 6.13. The molecule has 8 atom stereocenters. The maximum Gasteiger partial charge on any atom is 0.00946 e. The summed E-state index contributed by atoms with van der Waals surface area (Å²) >= 11 is 0. The predicted octanol–water partition coefficient (Wildman–Crippen LogP) is 6.96. The summed E-state index contributed by atoms with van der Waals surface area (Å²) in [6.45, 7) is 9.79. The molecule has 0 spiro atoms. The predicted molar refractivity (Wildman–Crippen MR) is 105 cm³/mol. The summed E-state index contributed by atoms with van der Waals surface area (Å²) in [6.07, 6.45) is 13.1. The van der Waals surface area contributed by atoms with Crippen molar-refractivity contribution in [2.45, 2.75) is 92.9 Å². The average molecular weight is 332 g/mol. The Morgan fingerprint density at radius 1 is 0.875 bits per heavy atom. The fraction of sp³-hybridized carbons (Fsp3) is 0.957. The Morgan fingerprint density at radius 2 is 1.54 bits per heavy atom. The minimum absolute atomic E-state index is 0. The zero-order valence-corrected chi connectivity index (χ0v) is 15.8. The molecule has 0 aromatic rings. The van der Waals surface area contributed by atoms with Gasteiger partial charge in [0.25, 0.3) is 0 Å². The average Bonchev–Trinajstić information content (AvgIpc) is 2.85. The summed E-state index contributed by atoms with van der Waals surface area (Å²) in [5.41, 5.74) is 2.08. The largest absolute Gasteiger partial charge is 0.310 e. The molecule has 4 fully saturated rings. The minimum Gasteiger partial charge on any atom is -0.310 e. The van der Waals surface area contributed by atoms with Gasteiger partial charge in [-0.2, -0.15) is 0 Å². The molecule has 1 N–H and O–H groups in total. The quantitative estimate of drug-likeness (QED) is 0.502. The fourth-order valence-corrected chi connectivity index (χ4v) is 8.18. The van der Waals surface area contributed by atoms with Crippen LogP contribution in [0.2, 0.25) is 0 Å². The smallest absolute Gasteiger partial charge is 0.00946 e. The molecule has 0 radical (unpaired) electrons. The number of hydrogen-bond donors (Lipinski definition) is 1. The van der Waals surface area contributed by atoms with E-state index < -0.39 is 0 Å². The van der Waals surface area contributed by atoms with E-state index in [4.69, 9.17) is 5.41 Å². The molecule has 0 heterocycles. The van der Waals surface area contributed by atoms with Gasteiger partial charge in [0.2, 0.25) is 0 Å². The number of nitrogens with one attached hydrogen (secondary N) is 1. The van der Waals surface area contributed by atoms with E-state index in [1.807, 2.05) is 0 Å². The lowest BCUT2D eigenvalue weighted by atomic mass is 9.44. The van der Waals surface area contributed by atoms with Crippen molar-refractivity contribution in [1.82, 2.24) is 0 Å². The van der Waals surface area contributed by atoms with E-state index in [0.717, 1.165) is 35.3 Å². The molecule has 4 rings (SSSR count). The summed E-state index contributed by atoms with van der Waals surface area (Å²) in [4.78, 5) is 0. The fourth-order valence-electron chi connectivity index (χ4n) is 8.18. The van der Waals surface area contributed by atoms with Crippen LogP contribution in [-0.2, 0) is 0 Å². The maximum absolute atomic E-state index is 8.28. The molecule has 0 aliphatic heterocycles. The molecule has 4 saturated carbocycles. The third-order valence-electron chi connectivity index (χ3n) is 9.45. The summed E-state index contributed by atoms with van der Waals surface area (Å²) in [5.74, 6) is 5.46. The number of fused-ring (bicyclic) bond motifs is 5. The lowest BCUT2D eigenvalue weighted by molar-refractivity contribution is -0.113. The van der Waals surface area contributed by atoms with Gasteiger partial charge in [-0.15, -0.1) is 0 Å². The third kappa shape index (κ3) is 2.43. The summed E-state index contributed by atoms with van der Waals surface area (Å²) < 4.78 is 0. The molecular formula is C23H41N. The van der Waals surface area contributed by atoms with E-state index in [1.54, 1.807) is 0 Å². The van der Waals surface area contributed by atoms with Crippen molar-refractivity contribution in [3.05, 3.63) is 0 Å². The van der Waals surface area contributed by atoms with E-state index in [0.29, 0.717) is 16.7 Å². The number of hydrogen-bond acceptors (Lipinski definition) is 1. The highest BCUT2D eigenvalue weighted by molar-refractivity contribution is 5.82. The van der Waals surface area contributed by atoms with Gasteiger partial charge in [0, 0.05) is 11.6 Å². The standard InChI is InChI=1S/C22H37N.CH4/c1-14-9-11-21(3)16(13-14)5-6-17-19-8-7-18(15(2)23)22(19,4)12-10-20(17)21;/h14,16-20,23H,5-13H2,1-4H3;1H4. The molecule has 4 aliphatic rings. The van der Waals surface area contributed by atoms with Crippen LogP contribution in [-0.4, -0.2) is 5.71 Å². The SMILES string of the molecule is C.CC(=N)C1CCC2C3CCC4CC(C)CCC4(C)C3CCC12C. The minimum atomic E-state index is 0. The van der Waals surface area contributed by atoms with Crippen molar-refractivity contribution in [3.63, 3.8) is 0 Å². The zero-order chi connectivity index (χ0) is 16.4. The number of rotatable bonds is 1. The van der Waals surface area contributed by atoms with Crippen LogP contribution in [0.5, 0.6) is 0 Å². The molecule has 24 heavy (non-hydrogen) atoms. The van der Waals surface area contributed by atoms with Crippen LogP contribution in [0.4, 0.5) is 0 Å². The Labute approximate surface area is 150 Å². The van der Waals surface area contributed by atoms with Crippen LogP contribution >= 0.6 is 0 Å². The van der Waals surface area contributed by atoms with Gasteiger partial charge >= 0.3 is 0 Å². The molecule has 0 amide bonds. The molecule has 0 saturated heterocycles. The summed E-state index contributed by atoms with van der Waals surface area (Å²) in [6, 6.07) is 0. The van der Waals surface area contributed by atoms with Gasteiger partial charge in [-0.25, -0.2) is 0 Å². The van der Waals surface area contributed by atoms with Crippen molar-refractivity contribution in [1.29, 1.82) is 5.41 Å². The second-order valence-electron chi connectivity index (χ2n) is 10.4. The van der Waals surface area contributed by atoms with Crippen LogP contribution in [0.25, 0.3) is 0 Å². The van der Waals surface area contributed by atoms with Crippen molar-refractivity contribution < 1.29 is 0 Å². The van der Waals surface area contributed by atoms with Gasteiger partial charge < -0.3 is 5.41 Å². The van der Waals surface area contributed by atoms with Crippen LogP contribution in [0.15, 0.2) is 0 Å². The van der Waals surface area contributed by atoms with Gasteiger partial charge in [-0.3, -0.25) is 0 Å². The monoisotopic (exact) mass is 331 g/mol. The topological polar surface area (TPSA) is 23.9 Å². The lowest BCUT2D eigenvalue weighted by Gasteiger charge is -2.61. The van der Waals surface area contributed by atoms with Crippen LogP contribution < -0.4 is 0 Å². The van der Waals surface area contributed by atoms with Gasteiger partial charge in [-0.05, 0) is 98.7 Å². The first-order chi connectivity index (χ1) is 10.9. The molecule has 0 aromatic carbocycles. The highest BCUT2D eigenvalue weighted by Gasteiger charge is 2.60. The van der Waals surface area contributed by atoms with Crippen LogP contribution in [0.1, 0.15) is 92.9 Å². The molecular weight excluding hydrogens is 290 g/mol. The second-order valence-corrected chi connectivity index (χ2v) is 10.4. The van der Waals surface area contributed by atoms with Crippen molar-refractivity contribution in [3.8, 4) is 0 Å². The highest BCUT2D eigenvalue weighted by atomic mass is 14.7. The molecule has 1 heteroatoms. The van der Waals surface area contributed by atoms with E-state index in [-0.39, 0.29) is 7.43 Å². The normalized spacial score (nSPS) is 53.3. The first-order valence-electron chi connectivity index (χ1n) is 10.4. The zero-order valence-electron chi connectivity index (χ0n) is 15.8. The van der Waals surface area contributed by atoms with Crippen LogP contribution in [0, 0.1) is 51.7 Å². The maximum atomic E-state index is 8.28.